The summed E-state index contributed by atoms with van der Waals surface area (Å²) in [6, 6.07) is 8.14. The molecule has 4 rings (SSSR count). The second kappa shape index (κ2) is 9.69. The van der Waals surface area contributed by atoms with Crippen molar-refractivity contribution in [1.82, 2.24) is 5.32 Å². The van der Waals surface area contributed by atoms with E-state index in [1.165, 1.54) is 0 Å². The molecule has 2 heterocycles. The molecular formula is C29H36N2O5. The summed E-state index contributed by atoms with van der Waals surface area (Å²) in [6.45, 7) is 10.5. The normalized spacial score (nSPS) is 33.1. The Labute approximate surface area is 212 Å². The van der Waals surface area contributed by atoms with Gasteiger partial charge < -0.3 is 20.9 Å². The number of hydrogen-bond donors (Lipinski definition) is 3. The van der Waals surface area contributed by atoms with Gasteiger partial charge in [0, 0.05) is 17.8 Å². The van der Waals surface area contributed by atoms with Crippen LogP contribution in [0.25, 0.3) is 0 Å². The van der Waals surface area contributed by atoms with Crippen LogP contribution in [0.3, 0.4) is 0 Å². The van der Waals surface area contributed by atoms with Crippen molar-refractivity contribution in [3.63, 3.8) is 0 Å². The molecule has 3 unspecified atom stereocenters. The summed E-state index contributed by atoms with van der Waals surface area (Å²) in [6.07, 6.45) is 7.36. The number of hydrogen-bond acceptors (Lipinski definition) is 5. The molecule has 192 valence electrons. The van der Waals surface area contributed by atoms with E-state index in [-0.39, 0.29) is 42.2 Å². The van der Waals surface area contributed by atoms with Gasteiger partial charge in [-0.1, -0.05) is 68.5 Å². The summed E-state index contributed by atoms with van der Waals surface area (Å²) < 4.78 is 5.04. The van der Waals surface area contributed by atoms with Crippen LogP contribution in [0.2, 0.25) is 0 Å². The lowest BCUT2D eigenvalue weighted by atomic mass is 9.51. The highest BCUT2D eigenvalue weighted by Crippen LogP contribution is 2.55. The Bertz CT molecular complexity index is 1130. The zero-order valence-corrected chi connectivity index (χ0v) is 21.2. The first-order chi connectivity index (χ1) is 17.0. The second-order valence-electron chi connectivity index (χ2n) is 10.8. The summed E-state index contributed by atoms with van der Waals surface area (Å²) >= 11 is 0. The van der Waals surface area contributed by atoms with Crippen LogP contribution in [0, 0.1) is 23.7 Å². The van der Waals surface area contributed by atoms with Gasteiger partial charge in [-0.2, -0.15) is 0 Å². The number of cyclic esters (lactones) is 1. The Kier molecular flexibility index (Phi) is 6.97. The van der Waals surface area contributed by atoms with Gasteiger partial charge >= 0.3 is 11.9 Å². The van der Waals surface area contributed by atoms with Crippen LogP contribution in [0.1, 0.15) is 45.6 Å². The second-order valence-corrected chi connectivity index (χ2v) is 10.8. The number of allylic oxidation sites excluding steroid dienone is 2. The van der Waals surface area contributed by atoms with E-state index in [0.717, 1.165) is 24.0 Å². The van der Waals surface area contributed by atoms with Crippen LogP contribution in [0.15, 0.2) is 66.3 Å². The van der Waals surface area contributed by atoms with E-state index in [0.29, 0.717) is 12.0 Å². The molecule has 3 aliphatic rings. The number of fused-ring (bicyclic) bond motifs is 1. The van der Waals surface area contributed by atoms with Gasteiger partial charge in [-0.05, 0) is 49.2 Å². The average molecular weight is 493 g/mol. The SMILES string of the molecule is C=C1CCC2[C@@H](C(C)CC(=O)N[C@@]2(C)C(C)(c2ccccc2)[C@@H](N)C(=O)O)[C@H]1/C=C/C1=CCOC1=O. The lowest BCUT2D eigenvalue weighted by Crippen LogP contribution is -2.71. The van der Waals surface area contributed by atoms with Crippen molar-refractivity contribution in [3.05, 3.63) is 71.8 Å². The number of amides is 1. The molecule has 2 fully saturated rings. The van der Waals surface area contributed by atoms with E-state index in [2.05, 4.69) is 18.8 Å². The van der Waals surface area contributed by atoms with E-state index in [4.69, 9.17) is 10.5 Å². The van der Waals surface area contributed by atoms with Crippen molar-refractivity contribution < 1.29 is 24.2 Å². The largest absolute Gasteiger partial charge is 0.480 e. The van der Waals surface area contributed by atoms with Crippen LogP contribution in [0.4, 0.5) is 0 Å². The highest BCUT2D eigenvalue weighted by Gasteiger charge is 2.61. The number of ether oxygens (including phenoxy) is 1. The third-order valence-corrected chi connectivity index (χ3v) is 9.01. The summed E-state index contributed by atoms with van der Waals surface area (Å²) in [5.74, 6) is -1.74. The molecule has 1 aliphatic carbocycles. The van der Waals surface area contributed by atoms with Crippen molar-refractivity contribution in [1.29, 1.82) is 0 Å². The van der Waals surface area contributed by atoms with Crippen molar-refractivity contribution in [3.8, 4) is 0 Å². The predicted molar refractivity (Wildman–Crippen MR) is 137 cm³/mol. The van der Waals surface area contributed by atoms with E-state index in [1.807, 2.05) is 50.3 Å². The van der Waals surface area contributed by atoms with E-state index in [9.17, 15) is 19.5 Å². The van der Waals surface area contributed by atoms with E-state index < -0.39 is 23.0 Å². The molecule has 0 radical (unpaired) electrons. The van der Waals surface area contributed by atoms with Crippen LogP contribution in [0.5, 0.6) is 0 Å². The Morgan fingerprint density at radius 1 is 1.33 bits per heavy atom. The first-order valence-electron chi connectivity index (χ1n) is 12.6. The Hall–Kier alpha value is -3.19. The smallest absolute Gasteiger partial charge is 0.338 e. The quantitative estimate of drug-likeness (QED) is 0.413. The molecule has 0 bridgehead atoms. The first kappa shape index (κ1) is 25.9. The van der Waals surface area contributed by atoms with Crippen LogP contribution < -0.4 is 11.1 Å². The number of carboxylic acid groups (broad SMARTS) is 1. The molecule has 1 aromatic carbocycles. The minimum Gasteiger partial charge on any atom is -0.480 e. The van der Waals surface area contributed by atoms with Gasteiger partial charge in [0.25, 0.3) is 0 Å². The zero-order valence-electron chi connectivity index (χ0n) is 21.2. The number of nitrogens with one attached hydrogen (secondary N) is 1. The van der Waals surface area contributed by atoms with Gasteiger partial charge in [0.15, 0.2) is 0 Å². The molecule has 1 saturated heterocycles. The van der Waals surface area contributed by atoms with Crippen LogP contribution in [-0.2, 0) is 24.5 Å². The minimum atomic E-state index is -1.25. The number of nitrogens with two attached hydrogens (primary N) is 1. The molecular weight excluding hydrogens is 456 g/mol. The van der Waals surface area contributed by atoms with Crippen LogP contribution >= 0.6 is 0 Å². The summed E-state index contributed by atoms with van der Waals surface area (Å²) in [5.41, 5.74) is 6.74. The Balaban J connectivity index is 1.86. The number of rotatable bonds is 6. The number of aliphatic carboxylic acids is 1. The van der Waals surface area contributed by atoms with Crippen molar-refractivity contribution in [2.45, 2.75) is 57.0 Å². The molecule has 7 atom stereocenters. The zero-order chi connectivity index (χ0) is 26.3. The van der Waals surface area contributed by atoms with Gasteiger partial charge in [0.2, 0.25) is 5.91 Å². The minimum absolute atomic E-state index is 0.00601. The molecule has 2 aliphatic heterocycles. The maximum absolute atomic E-state index is 13.3. The molecule has 0 aromatic heterocycles. The maximum atomic E-state index is 13.3. The van der Waals surface area contributed by atoms with Crippen molar-refractivity contribution >= 4 is 17.8 Å². The molecule has 7 heteroatoms. The third-order valence-electron chi connectivity index (χ3n) is 9.01. The molecule has 0 spiro atoms. The number of carbonyl (C=O) groups excluding carboxylic acids is 2. The molecule has 1 saturated carbocycles. The molecule has 1 aromatic rings. The Morgan fingerprint density at radius 2 is 2.03 bits per heavy atom. The lowest BCUT2D eigenvalue weighted by molar-refractivity contribution is -0.143. The van der Waals surface area contributed by atoms with E-state index >= 15 is 0 Å². The summed E-state index contributed by atoms with van der Waals surface area (Å²) in [7, 11) is 0. The fourth-order valence-electron chi connectivity index (χ4n) is 6.84. The number of carbonyl (C=O) groups is 3. The predicted octanol–water partition coefficient (Wildman–Crippen LogP) is 3.51. The summed E-state index contributed by atoms with van der Waals surface area (Å²) in [4.78, 5) is 37.7. The molecule has 1 amide bonds. The third kappa shape index (κ3) is 4.19. The van der Waals surface area contributed by atoms with E-state index in [1.54, 1.807) is 12.2 Å². The topological polar surface area (TPSA) is 119 Å². The van der Waals surface area contributed by atoms with Gasteiger partial charge in [-0.15, -0.1) is 0 Å². The molecule has 36 heavy (non-hydrogen) atoms. The highest BCUT2D eigenvalue weighted by molar-refractivity contribution is 5.93. The number of benzene rings is 1. The number of esters is 1. The van der Waals surface area contributed by atoms with Gasteiger partial charge in [0.1, 0.15) is 12.6 Å². The summed E-state index contributed by atoms with van der Waals surface area (Å²) in [5, 5.41) is 13.4. The molecule has 4 N–H and O–H groups in total. The van der Waals surface area contributed by atoms with Gasteiger partial charge in [-0.3, -0.25) is 9.59 Å². The van der Waals surface area contributed by atoms with Crippen molar-refractivity contribution in [2.75, 3.05) is 6.61 Å². The van der Waals surface area contributed by atoms with Gasteiger partial charge in [-0.25, -0.2) is 4.79 Å². The fraction of sp³-hybridized carbons (Fsp3) is 0.483. The molecule has 7 nitrogen and oxygen atoms in total. The highest BCUT2D eigenvalue weighted by atomic mass is 16.5. The monoisotopic (exact) mass is 492 g/mol. The standard InChI is InChI=1S/C29H36N2O5/c1-17-10-13-22-24(21(17)12-11-19-14-15-36-27(19)35)18(2)16-23(32)31-29(22,4)28(3,25(30)26(33)34)20-8-6-5-7-9-20/h5-9,11-12,14,18,21-22,24-25H,1,10,13,15-16,30H2,2-4H3,(H,31,32)(H,33,34)/b12-11+/t18?,21-,22?,24-,25-,28?,29+/m0/s1. The number of carboxylic acids is 1. The Morgan fingerprint density at radius 3 is 2.64 bits per heavy atom. The van der Waals surface area contributed by atoms with Crippen LogP contribution in [-0.4, -0.2) is 41.1 Å². The lowest BCUT2D eigenvalue weighted by Gasteiger charge is -2.57. The van der Waals surface area contributed by atoms with Crippen molar-refractivity contribution in [2.24, 2.45) is 29.4 Å². The average Bonchev–Trinajstić information content (AvgIpc) is 3.22. The van der Waals surface area contributed by atoms with Gasteiger partial charge in [0.05, 0.1) is 11.1 Å². The fourth-order valence-corrected chi connectivity index (χ4v) is 6.84. The maximum Gasteiger partial charge on any atom is 0.338 e. The first-order valence-corrected chi connectivity index (χ1v) is 12.6.